The molecule has 0 saturated carbocycles. The maximum atomic E-state index is 13.1. The fourth-order valence-electron chi connectivity index (χ4n) is 1.43. The smallest absolute Gasteiger partial charge is 0.144 e. The van der Waals surface area contributed by atoms with Crippen molar-refractivity contribution < 1.29 is 4.39 Å². The van der Waals surface area contributed by atoms with Crippen molar-refractivity contribution in [1.82, 2.24) is 9.55 Å². The van der Waals surface area contributed by atoms with Gasteiger partial charge in [0.15, 0.2) is 0 Å². The average Bonchev–Trinajstić information content (AvgIpc) is 2.48. The number of rotatable bonds is 1. The molecule has 2 aromatic rings. The molecule has 0 aliphatic rings. The van der Waals surface area contributed by atoms with Crippen LogP contribution in [-0.2, 0) is 0 Å². The van der Waals surface area contributed by atoms with E-state index in [1.807, 2.05) is 18.4 Å². The second-order valence-corrected chi connectivity index (χ2v) is 3.91. The molecule has 74 valence electrons. The van der Waals surface area contributed by atoms with Gasteiger partial charge < -0.3 is 4.57 Å². The Morgan fingerprint density at radius 3 is 2.79 bits per heavy atom. The highest BCUT2D eigenvalue weighted by molar-refractivity contribution is 6.31. The SMILES string of the molecule is CC(C)n1cnc2cc(F)c(Cl)cc21. The van der Waals surface area contributed by atoms with Crippen molar-refractivity contribution in [3.05, 3.63) is 29.3 Å². The van der Waals surface area contributed by atoms with Crippen molar-refractivity contribution in [3.8, 4) is 0 Å². The molecule has 0 aliphatic carbocycles. The largest absolute Gasteiger partial charge is 0.328 e. The Hall–Kier alpha value is -1.09. The molecule has 4 heteroatoms. The van der Waals surface area contributed by atoms with E-state index in [0.29, 0.717) is 11.6 Å². The van der Waals surface area contributed by atoms with E-state index < -0.39 is 5.82 Å². The molecule has 0 saturated heterocycles. The van der Waals surface area contributed by atoms with Gasteiger partial charge in [-0.1, -0.05) is 11.6 Å². The fourth-order valence-corrected chi connectivity index (χ4v) is 1.59. The molecule has 0 radical (unpaired) electrons. The summed E-state index contributed by atoms with van der Waals surface area (Å²) in [5.74, 6) is -0.423. The van der Waals surface area contributed by atoms with E-state index in [4.69, 9.17) is 11.6 Å². The molecule has 0 aliphatic heterocycles. The Morgan fingerprint density at radius 1 is 1.43 bits per heavy atom. The van der Waals surface area contributed by atoms with Crippen LogP contribution in [0.15, 0.2) is 18.5 Å². The van der Waals surface area contributed by atoms with E-state index in [2.05, 4.69) is 4.98 Å². The zero-order chi connectivity index (χ0) is 10.3. The Balaban J connectivity index is 2.74. The second kappa shape index (κ2) is 3.24. The summed E-state index contributed by atoms with van der Waals surface area (Å²) in [5.41, 5.74) is 1.51. The summed E-state index contributed by atoms with van der Waals surface area (Å²) in [6.07, 6.45) is 1.70. The van der Waals surface area contributed by atoms with Crippen LogP contribution in [0, 0.1) is 5.82 Å². The molecule has 0 amide bonds. The van der Waals surface area contributed by atoms with Gasteiger partial charge in [-0.25, -0.2) is 9.37 Å². The van der Waals surface area contributed by atoms with Crippen LogP contribution in [0.25, 0.3) is 11.0 Å². The summed E-state index contributed by atoms with van der Waals surface area (Å²) in [5, 5.41) is 0.139. The lowest BCUT2D eigenvalue weighted by Crippen LogP contribution is -1.98. The van der Waals surface area contributed by atoms with Gasteiger partial charge in [-0.3, -0.25) is 0 Å². The van der Waals surface area contributed by atoms with Crippen molar-refractivity contribution in [3.63, 3.8) is 0 Å². The summed E-state index contributed by atoms with van der Waals surface area (Å²) in [4.78, 5) is 4.11. The van der Waals surface area contributed by atoms with Crippen molar-refractivity contribution in [2.24, 2.45) is 0 Å². The van der Waals surface area contributed by atoms with E-state index in [1.54, 1.807) is 12.4 Å². The van der Waals surface area contributed by atoms with Crippen molar-refractivity contribution in [2.45, 2.75) is 19.9 Å². The van der Waals surface area contributed by atoms with Gasteiger partial charge in [-0.2, -0.15) is 0 Å². The van der Waals surface area contributed by atoms with Gasteiger partial charge in [0.25, 0.3) is 0 Å². The quantitative estimate of drug-likeness (QED) is 0.709. The number of hydrogen-bond donors (Lipinski definition) is 0. The molecule has 0 spiro atoms. The summed E-state index contributed by atoms with van der Waals surface area (Å²) in [6.45, 7) is 4.08. The zero-order valence-corrected chi connectivity index (χ0v) is 8.72. The van der Waals surface area contributed by atoms with E-state index in [0.717, 1.165) is 5.52 Å². The molecule has 0 fully saturated rings. The first kappa shape index (κ1) is 9.46. The van der Waals surface area contributed by atoms with Crippen LogP contribution in [0.3, 0.4) is 0 Å². The minimum Gasteiger partial charge on any atom is -0.328 e. The van der Waals surface area contributed by atoms with Crippen molar-refractivity contribution in [2.75, 3.05) is 0 Å². The maximum Gasteiger partial charge on any atom is 0.144 e. The second-order valence-electron chi connectivity index (χ2n) is 3.50. The topological polar surface area (TPSA) is 17.8 Å². The molecule has 14 heavy (non-hydrogen) atoms. The van der Waals surface area contributed by atoms with Gasteiger partial charge in [-0.15, -0.1) is 0 Å². The number of fused-ring (bicyclic) bond motifs is 1. The van der Waals surface area contributed by atoms with E-state index in [-0.39, 0.29) is 5.02 Å². The van der Waals surface area contributed by atoms with Crippen molar-refractivity contribution in [1.29, 1.82) is 0 Å². The molecular formula is C10H10ClFN2. The highest BCUT2D eigenvalue weighted by Crippen LogP contribution is 2.23. The lowest BCUT2D eigenvalue weighted by Gasteiger charge is -2.07. The van der Waals surface area contributed by atoms with Crippen LogP contribution >= 0.6 is 11.6 Å². The summed E-state index contributed by atoms with van der Waals surface area (Å²) < 4.78 is 15.0. The molecule has 0 bridgehead atoms. The van der Waals surface area contributed by atoms with E-state index in [1.165, 1.54) is 6.07 Å². The predicted octanol–water partition coefficient (Wildman–Crippen LogP) is 3.41. The number of aromatic nitrogens is 2. The molecule has 1 heterocycles. The Labute approximate surface area is 86.3 Å². The van der Waals surface area contributed by atoms with Gasteiger partial charge in [0.05, 0.1) is 22.4 Å². The van der Waals surface area contributed by atoms with Crippen LogP contribution in [-0.4, -0.2) is 9.55 Å². The third-order valence-corrected chi connectivity index (χ3v) is 2.46. The minimum absolute atomic E-state index is 0.139. The first-order valence-corrected chi connectivity index (χ1v) is 4.79. The molecule has 0 unspecified atom stereocenters. The third-order valence-electron chi connectivity index (χ3n) is 2.17. The molecule has 1 aromatic carbocycles. The number of hydrogen-bond acceptors (Lipinski definition) is 1. The van der Waals surface area contributed by atoms with Crippen LogP contribution < -0.4 is 0 Å². The van der Waals surface area contributed by atoms with Gasteiger partial charge in [0.1, 0.15) is 5.82 Å². The van der Waals surface area contributed by atoms with Crippen LogP contribution in [0.1, 0.15) is 19.9 Å². The lowest BCUT2D eigenvalue weighted by atomic mass is 10.3. The molecule has 0 atom stereocenters. The summed E-state index contributed by atoms with van der Waals surface area (Å²) in [7, 11) is 0. The molecular weight excluding hydrogens is 203 g/mol. The Bertz CT molecular complexity index is 476. The van der Waals surface area contributed by atoms with Gasteiger partial charge in [0, 0.05) is 12.1 Å². The Kier molecular flexibility index (Phi) is 2.19. The van der Waals surface area contributed by atoms with E-state index in [9.17, 15) is 4.39 Å². The fraction of sp³-hybridized carbons (Fsp3) is 0.300. The monoisotopic (exact) mass is 212 g/mol. The minimum atomic E-state index is -0.423. The van der Waals surface area contributed by atoms with Gasteiger partial charge >= 0.3 is 0 Å². The first-order valence-electron chi connectivity index (χ1n) is 4.41. The first-order chi connectivity index (χ1) is 6.59. The highest BCUT2D eigenvalue weighted by Gasteiger charge is 2.09. The molecule has 1 aromatic heterocycles. The van der Waals surface area contributed by atoms with Gasteiger partial charge in [0.2, 0.25) is 0 Å². The number of halogens is 2. The lowest BCUT2D eigenvalue weighted by molar-refractivity contribution is 0.615. The molecule has 2 rings (SSSR count). The summed E-state index contributed by atoms with van der Waals surface area (Å²) >= 11 is 5.71. The molecule has 0 N–H and O–H groups in total. The highest BCUT2D eigenvalue weighted by atomic mass is 35.5. The zero-order valence-electron chi connectivity index (χ0n) is 7.96. The number of imidazole rings is 1. The van der Waals surface area contributed by atoms with Crippen LogP contribution in [0.4, 0.5) is 4.39 Å². The predicted molar refractivity (Wildman–Crippen MR) is 55.1 cm³/mol. The van der Waals surface area contributed by atoms with Crippen molar-refractivity contribution >= 4 is 22.6 Å². The third kappa shape index (κ3) is 1.38. The van der Waals surface area contributed by atoms with E-state index >= 15 is 0 Å². The Morgan fingerprint density at radius 2 is 2.14 bits per heavy atom. The maximum absolute atomic E-state index is 13.1. The standard InChI is InChI=1S/C10H10ClFN2/c1-6(2)14-5-13-9-4-8(12)7(11)3-10(9)14/h3-6H,1-2H3. The number of benzene rings is 1. The van der Waals surface area contributed by atoms with Crippen LogP contribution in [0.5, 0.6) is 0 Å². The molecule has 2 nitrogen and oxygen atoms in total. The number of nitrogens with zero attached hydrogens (tertiary/aromatic N) is 2. The normalized spacial score (nSPS) is 11.5. The van der Waals surface area contributed by atoms with Crippen LogP contribution in [0.2, 0.25) is 5.02 Å². The van der Waals surface area contributed by atoms with Gasteiger partial charge in [-0.05, 0) is 19.9 Å². The average molecular weight is 213 g/mol. The summed E-state index contributed by atoms with van der Waals surface area (Å²) in [6, 6.07) is 3.26.